The maximum Gasteiger partial charge on any atom is 0.420 e. The topological polar surface area (TPSA) is 80.5 Å². The number of nitrogens with two attached hydrogens (primary N) is 1. The monoisotopic (exact) mass is 356 g/mol. The Morgan fingerprint density at radius 3 is 2.52 bits per heavy atom. The van der Waals surface area contributed by atoms with E-state index in [1.54, 1.807) is 6.07 Å². The summed E-state index contributed by atoms with van der Waals surface area (Å²) < 4.78 is 57.5. The predicted octanol–water partition coefficient (Wildman–Crippen LogP) is 3.08. The van der Waals surface area contributed by atoms with Crippen LogP contribution in [0.5, 0.6) is 0 Å². The Kier molecular flexibility index (Phi) is 3.99. The number of urea groups is 1. The summed E-state index contributed by atoms with van der Waals surface area (Å²) in [7, 11) is 0. The van der Waals surface area contributed by atoms with Gasteiger partial charge in [0.25, 0.3) is 5.85 Å². The number of amides is 2. The summed E-state index contributed by atoms with van der Waals surface area (Å²) in [5.41, 5.74) is 5.36. The van der Waals surface area contributed by atoms with Gasteiger partial charge >= 0.3 is 18.6 Å². The zero-order valence-electron chi connectivity index (χ0n) is 12.5. The fraction of sp³-hybridized carbons (Fsp3) is 0.200. The van der Waals surface area contributed by atoms with Crippen LogP contribution in [0.15, 0.2) is 48.7 Å². The zero-order valence-corrected chi connectivity index (χ0v) is 12.5. The predicted molar refractivity (Wildman–Crippen MR) is 80.1 cm³/mol. The highest BCUT2D eigenvalue weighted by molar-refractivity contribution is 5.99. The van der Waals surface area contributed by atoms with Crippen molar-refractivity contribution in [3.8, 4) is 0 Å². The molecule has 2 amide bonds. The third-order valence-electron chi connectivity index (χ3n) is 3.53. The van der Waals surface area contributed by atoms with Crippen LogP contribution in [0, 0.1) is 0 Å². The number of fused-ring (bicyclic) bond motifs is 1. The van der Waals surface area contributed by atoms with E-state index in [2.05, 4.69) is 15.0 Å². The van der Waals surface area contributed by atoms with Crippen LogP contribution in [0.2, 0.25) is 0 Å². The molecule has 10 heteroatoms. The molecule has 1 unspecified atom stereocenters. The van der Waals surface area contributed by atoms with E-state index in [0.29, 0.717) is 4.90 Å². The fourth-order valence-electron chi connectivity index (χ4n) is 2.56. The highest BCUT2D eigenvalue weighted by atomic mass is 19.3. The number of rotatable bonds is 4. The molecular formula is C15H12F4N4O2. The summed E-state index contributed by atoms with van der Waals surface area (Å²) in [5, 5.41) is 2.53. The Hall–Kier alpha value is -2.88. The Bertz CT molecular complexity index is 790. The minimum Gasteiger partial charge on any atom is -0.351 e. The minimum atomic E-state index is -4.87. The lowest BCUT2D eigenvalue weighted by Gasteiger charge is -2.38. The third-order valence-corrected chi connectivity index (χ3v) is 3.53. The fourth-order valence-corrected chi connectivity index (χ4v) is 2.56. The van der Waals surface area contributed by atoms with Crippen LogP contribution < -0.4 is 16.0 Å². The van der Waals surface area contributed by atoms with Gasteiger partial charge in [0.2, 0.25) is 0 Å². The summed E-state index contributed by atoms with van der Waals surface area (Å²) >= 11 is 0. The van der Waals surface area contributed by atoms with Crippen LogP contribution in [0.25, 0.3) is 0 Å². The van der Waals surface area contributed by atoms with Crippen molar-refractivity contribution >= 4 is 17.4 Å². The maximum absolute atomic E-state index is 13.8. The quantitative estimate of drug-likeness (QED) is 0.825. The highest BCUT2D eigenvalue weighted by Gasteiger charge is 2.58. The minimum absolute atomic E-state index is 0.0886. The highest BCUT2D eigenvalue weighted by Crippen LogP contribution is 2.48. The van der Waals surface area contributed by atoms with Gasteiger partial charge in [-0.05, 0) is 24.3 Å². The van der Waals surface area contributed by atoms with Crippen molar-refractivity contribution in [1.82, 2.24) is 4.98 Å². The number of ether oxygens (including phenoxy) is 1. The first-order valence-corrected chi connectivity index (χ1v) is 7.02. The number of carbonyl (C=O) groups excluding carboxylic acids is 1. The molecule has 0 saturated carbocycles. The standard InChI is InChI=1S/C15H12F4N4O2/c16-12(17)14(18,19)25-15(11-7-3-4-8-21-11)22-9-5-1-2-6-10(9)23(15)13(20)24/h1-8,12,22H,(H2,20,24). The lowest BCUT2D eigenvalue weighted by Crippen LogP contribution is -2.58. The lowest BCUT2D eigenvalue weighted by atomic mass is 10.2. The third kappa shape index (κ3) is 2.74. The Morgan fingerprint density at radius 1 is 1.24 bits per heavy atom. The van der Waals surface area contributed by atoms with Gasteiger partial charge in [0, 0.05) is 6.20 Å². The largest absolute Gasteiger partial charge is 0.420 e. The molecule has 0 radical (unpaired) electrons. The van der Waals surface area contributed by atoms with Crippen molar-refractivity contribution in [1.29, 1.82) is 0 Å². The van der Waals surface area contributed by atoms with E-state index < -0.39 is 24.4 Å². The smallest absolute Gasteiger partial charge is 0.351 e. The van der Waals surface area contributed by atoms with E-state index in [1.807, 2.05) is 0 Å². The number of primary amides is 1. The number of halogens is 4. The lowest BCUT2D eigenvalue weighted by molar-refractivity contribution is -0.339. The number of benzene rings is 1. The first-order chi connectivity index (χ1) is 11.8. The number of para-hydroxylation sites is 2. The number of pyridine rings is 1. The van der Waals surface area contributed by atoms with Gasteiger partial charge in [-0.15, -0.1) is 0 Å². The Balaban J connectivity index is 2.21. The number of anilines is 2. The van der Waals surface area contributed by atoms with Gasteiger partial charge in [0.15, 0.2) is 0 Å². The molecule has 25 heavy (non-hydrogen) atoms. The molecule has 1 aromatic carbocycles. The van der Waals surface area contributed by atoms with Gasteiger partial charge in [-0.3, -0.25) is 9.72 Å². The molecule has 1 aliphatic rings. The molecule has 0 spiro atoms. The van der Waals surface area contributed by atoms with Crippen molar-refractivity contribution in [3.05, 3.63) is 54.4 Å². The van der Waals surface area contributed by atoms with Crippen LogP contribution in [-0.4, -0.2) is 23.5 Å². The first kappa shape index (κ1) is 17.0. The van der Waals surface area contributed by atoms with Gasteiger partial charge in [0.1, 0.15) is 5.69 Å². The second-order valence-corrected chi connectivity index (χ2v) is 5.14. The maximum atomic E-state index is 13.8. The van der Waals surface area contributed by atoms with Crippen LogP contribution >= 0.6 is 0 Å². The molecule has 132 valence electrons. The Labute approximate surface area is 139 Å². The molecule has 0 bridgehead atoms. The molecule has 6 nitrogen and oxygen atoms in total. The second-order valence-electron chi connectivity index (χ2n) is 5.14. The summed E-state index contributed by atoms with van der Waals surface area (Å²) in [6.07, 6.45) is -7.77. The SMILES string of the molecule is NC(=O)N1c2ccccc2NC1(OC(F)(F)C(F)F)c1ccccn1. The van der Waals surface area contributed by atoms with E-state index in [0.717, 1.165) is 0 Å². The van der Waals surface area contributed by atoms with Crippen molar-refractivity contribution < 1.29 is 27.1 Å². The number of carbonyl (C=O) groups is 1. The van der Waals surface area contributed by atoms with Crippen LogP contribution in [-0.2, 0) is 10.6 Å². The molecule has 3 rings (SSSR count). The number of hydrogen-bond donors (Lipinski definition) is 2. The van der Waals surface area contributed by atoms with Gasteiger partial charge in [-0.25, -0.2) is 18.5 Å². The van der Waals surface area contributed by atoms with Gasteiger partial charge in [0.05, 0.1) is 11.4 Å². The molecule has 0 saturated heterocycles. The van der Waals surface area contributed by atoms with Gasteiger partial charge in [-0.1, -0.05) is 18.2 Å². The molecule has 0 aliphatic carbocycles. The van der Waals surface area contributed by atoms with Crippen molar-refractivity contribution in [2.45, 2.75) is 18.4 Å². The van der Waals surface area contributed by atoms with E-state index in [-0.39, 0.29) is 17.1 Å². The van der Waals surface area contributed by atoms with Crippen LogP contribution in [0.3, 0.4) is 0 Å². The molecule has 2 aromatic rings. The summed E-state index contributed by atoms with van der Waals surface area (Å²) in [6.45, 7) is 0. The van der Waals surface area contributed by atoms with Crippen LogP contribution in [0.4, 0.5) is 33.7 Å². The van der Waals surface area contributed by atoms with E-state index in [4.69, 9.17) is 5.73 Å². The molecule has 1 atom stereocenters. The summed E-state index contributed by atoms with van der Waals surface area (Å²) in [5.74, 6) is -2.53. The number of nitrogens with one attached hydrogen (secondary N) is 1. The average molecular weight is 356 g/mol. The molecule has 3 N–H and O–H groups in total. The van der Waals surface area contributed by atoms with Crippen molar-refractivity contribution in [2.75, 3.05) is 10.2 Å². The number of nitrogens with zero attached hydrogens (tertiary/aromatic N) is 2. The van der Waals surface area contributed by atoms with Crippen molar-refractivity contribution in [2.24, 2.45) is 5.73 Å². The Morgan fingerprint density at radius 2 is 1.92 bits per heavy atom. The summed E-state index contributed by atoms with van der Waals surface area (Å²) in [6, 6.07) is 8.92. The molecular weight excluding hydrogens is 344 g/mol. The van der Waals surface area contributed by atoms with E-state index in [9.17, 15) is 22.4 Å². The first-order valence-electron chi connectivity index (χ1n) is 7.02. The van der Waals surface area contributed by atoms with Crippen molar-refractivity contribution in [3.63, 3.8) is 0 Å². The van der Waals surface area contributed by atoms with E-state index >= 15 is 0 Å². The molecule has 2 heterocycles. The van der Waals surface area contributed by atoms with E-state index in [1.165, 1.54) is 42.6 Å². The van der Waals surface area contributed by atoms with Crippen LogP contribution in [0.1, 0.15) is 5.69 Å². The molecule has 1 aromatic heterocycles. The van der Waals surface area contributed by atoms with Gasteiger partial charge in [-0.2, -0.15) is 8.78 Å². The average Bonchev–Trinajstić information content (AvgIpc) is 2.89. The normalized spacial score (nSPS) is 19.6. The van der Waals surface area contributed by atoms with Gasteiger partial charge < -0.3 is 11.1 Å². The molecule has 0 fully saturated rings. The summed E-state index contributed by atoms with van der Waals surface area (Å²) in [4.78, 5) is 16.5. The number of hydrogen-bond acceptors (Lipinski definition) is 4. The second kappa shape index (κ2) is 5.88. The zero-order chi connectivity index (χ0) is 18.2. The number of aromatic nitrogens is 1. The number of alkyl halides is 4. The molecule has 1 aliphatic heterocycles.